The highest BCUT2D eigenvalue weighted by Crippen LogP contribution is 2.25. The van der Waals surface area contributed by atoms with Gasteiger partial charge < -0.3 is 5.32 Å². The van der Waals surface area contributed by atoms with Crippen LogP contribution in [-0.2, 0) is 11.2 Å². The first kappa shape index (κ1) is 18.0. The van der Waals surface area contributed by atoms with Gasteiger partial charge in [0.25, 0.3) is 0 Å². The topological polar surface area (TPSA) is 42.0 Å². The molecule has 3 nitrogen and oxygen atoms in total. The van der Waals surface area contributed by atoms with Crippen LogP contribution in [0.5, 0.6) is 0 Å². The molecule has 0 aliphatic rings. The number of rotatable bonds is 5. The maximum atomic E-state index is 13.9. The second-order valence-corrected chi connectivity index (χ2v) is 6.21. The molecule has 0 aliphatic carbocycles. The Morgan fingerprint density at radius 1 is 1.04 bits per heavy atom. The number of hydrogen-bond acceptors (Lipinski definition) is 2. The minimum atomic E-state index is -0.822. The molecule has 1 aromatic heterocycles. The summed E-state index contributed by atoms with van der Waals surface area (Å²) in [6.45, 7) is 0. The van der Waals surface area contributed by atoms with E-state index in [2.05, 4.69) is 10.3 Å². The van der Waals surface area contributed by atoms with Crippen molar-refractivity contribution >= 4 is 23.2 Å². The van der Waals surface area contributed by atoms with Gasteiger partial charge in [0.1, 0.15) is 11.6 Å². The van der Waals surface area contributed by atoms with Crippen LogP contribution in [0.15, 0.2) is 67.0 Å². The van der Waals surface area contributed by atoms with E-state index in [1.54, 1.807) is 36.7 Å². The normalized spacial score (nSPS) is 11.8. The van der Waals surface area contributed by atoms with Crippen molar-refractivity contribution in [3.63, 3.8) is 0 Å². The molecule has 0 bridgehead atoms. The predicted molar refractivity (Wildman–Crippen MR) is 97.1 cm³/mol. The quantitative estimate of drug-likeness (QED) is 0.686. The van der Waals surface area contributed by atoms with Crippen LogP contribution >= 0.6 is 11.6 Å². The van der Waals surface area contributed by atoms with Gasteiger partial charge in [0, 0.05) is 23.5 Å². The molecule has 6 heteroatoms. The lowest BCUT2D eigenvalue weighted by Crippen LogP contribution is -2.23. The molecule has 26 heavy (non-hydrogen) atoms. The molecule has 132 valence electrons. The first-order chi connectivity index (χ1) is 12.5. The van der Waals surface area contributed by atoms with E-state index >= 15 is 0 Å². The Hall–Kier alpha value is -2.79. The second-order valence-electron chi connectivity index (χ2n) is 5.78. The zero-order valence-electron chi connectivity index (χ0n) is 13.6. The van der Waals surface area contributed by atoms with E-state index in [4.69, 9.17) is 11.6 Å². The van der Waals surface area contributed by atoms with Crippen LogP contribution in [0.1, 0.15) is 17.0 Å². The van der Waals surface area contributed by atoms with Gasteiger partial charge in [-0.05, 0) is 53.9 Å². The van der Waals surface area contributed by atoms with Gasteiger partial charge in [-0.25, -0.2) is 8.78 Å². The number of nitrogens with one attached hydrogen (secondary N) is 1. The van der Waals surface area contributed by atoms with Crippen LogP contribution in [0.25, 0.3) is 0 Å². The zero-order valence-corrected chi connectivity index (χ0v) is 14.4. The minimum absolute atomic E-state index is 0.0647. The predicted octanol–water partition coefficient (Wildman–Crippen LogP) is 4.98. The van der Waals surface area contributed by atoms with Gasteiger partial charge in [-0.15, -0.1) is 0 Å². The lowest BCUT2D eigenvalue weighted by Gasteiger charge is -2.18. The average molecular weight is 373 g/mol. The number of halogens is 3. The number of benzene rings is 2. The highest BCUT2D eigenvalue weighted by Gasteiger charge is 2.22. The lowest BCUT2D eigenvalue weighted by molar-refractivity contribution is -0.117. The molecule has 3 rings (SSSR count). The van der Waals surface area contributed by atoms with E-state index < -0.39 is 23.5 Å². The summed E-state index contributed by atoms with van der Waals surface area (Å²) < 4.78 is 26.9. The van der Waals surface area contributed by atoms with Gasteiger partial charge in [0.2, 0.25) is 5.91 Å². The maximum Gasteiger partial charge on any atom is 0.232 e. The number of anilines is 1. The Bertz CT molecular complexity index is 901. The fraction of sp³-hybridized carbons (Fsp3) is 0.100. The summed E-state index contributed by atoms with van der Waals surface area (Å²) in [5, 5.41) is 3.10. The van der Waals surface area contributed by atoms with Crippen LogP contribution in [0, 0.1) is 11.6 Å². The highest BCUT2D eigenvalue weighted by atomic mass is 35.5. The van der Waals surface area contributed by atoms with E-state index in [1.165, 1.54) is 6.07 Å². The molecule has 3 aromatic rings. The monoisotopic (exact) mass is 372 g/mol. The Balaban J connectivity index is 1.88. The SMILES string of the molecule is O=C(Nc1ccc(F)cc1F)C(Cc1ccncc1)c1ccc(Cl)cc1. The van der Waals surface area contributed by atoms with Crippen molar-refractivity contribution in [3.8, 4) is 0 Å². The second kappa shape index (κ2) is 8.06. The van der Waals surface area contributed by atoms with E-state index in [9.17, 15) is 13.6 Å². The third kappa shape index (κ3) is 4.43. The number of carbonyl (C=O) groups excluding carboxylic acids is 1. The summed E-state index contributed by atoms with van der Waals surface area (Å²) in [7, 11) is 0. The van der Waals surface area contributed by atoms with Crippen molar-refractivity contribution in [1.29, 1.82) is 0 Å². The van der Waals surface area contributed by atoms with E-state index in [-0.39, 0.29) is 5.69 Å². The number of hydrogen-bond donors (Lipinski definition) is 1. The molecule has 0 saturated heterocycles. The van der Waals surface area contributed by atoms with Gasteiger partial charge in [0.15, 0.2) is 0 Å². The number of amides is 1. The summed E-state index contributed by atoms with van der Waals surface area (Å²) >= 11 is 5.93. The van der Waals surface area contributed by atoms with Gasteiger partial charge in [-0.1, -0.05) is 23.7 Å². The largest absolute Gasteiger partial charge is 0.323 e. The summed E-state index contributed by atoms with van der Waals surface area (Å²) in [4.78, 5) is 16.8. The highest BCUT2D eigenvalue weighted by molar-refractivity contribution is 6.30. The van der Waals surface area contributed by atoms with E-state index in [0.29, 0.717) is 11.4 Å². The van der Waals surface area contributed by atoms with Gasteiger partial charge >= 0.3 is 0 Å². The van der Waals surface area contributed by atoms with Crippen LogP contribution in [0.4, 0.5) is 14.5 Å². The third-order valence-corrected chi connectivity index (χ3v) is 4.22. The number of nitrogens with zero attached hydrogens (tertiary/aromatic N) is 1. The van der Waals surface area contributed by atoms with Crippen LogP contribution in [0.2, 0.25) is 5.02 Å². The summed E-state index contributed by atoms with van der Waals surface area (Å²) in [5.41, 5.74) is 1.59. The van der Waals surface area contributed by atoms with Gasteiger partial charge in [-0.2, -0.15) is 0 Å². The van der Waals surface area contributed by atoms with Crippen molar-refractivity contribution in [2.24, 2.45) is 0 Å². The molecule has 1 amide bonds. The molecule has 1 atom stereocenters. The molecule has 0 saturated carbocycles. The van der Waals surface area contributed by atoms with Crippen LogP contribution in [0.3, 0.4) is 0 Å². The van der Waals surface area contributed by atoms with Crippen LogP contribution < -0.4 is 5.32 Å². The van der Waals surface area contributed by atoms with Crippen molar-refractivity contribution in [2.45, 2.75) is 12.3 Å². The first-order valence-corrected chi connectivity index (χ1v) is 8.31. The molecule has 0 aliphatic heterocycles. The maximum absolute atomic E-state index is 13.9. The molecule has 0 fully saturated rings. The Morgan fingerprint density at radius 2 is 1.73 bits per heavy atom. The van der Waals surface area contributed by atoms with Gasteiger partial charge in [0.05, 0.1) is 11.6 Å². The molecular formula is C20H15ClF2N2O. The fourth-order valence-electron chi connectivity index (χ4n) is 2.62. The Kier molecular flexibility index (Phi) is 5.58. The van der Waals surface area contributed by atoms with Crippen molar-refractivity contribution in [1.82, 2.24) is 4.98 Å². The molecule has 1 heterocycles. The summed E-state index contributed by atoms with van der Waals surface area (Å²) in [6.07, 6.45) is 3.69. The molecule has 2 aromatic carbocycles. The molecular weight excluding hydrogens is 358 g/mol. The van der Waals surface area contributed by atoms with Crippen molar-refractivity contribution in [3.05, 3.63) is 94.8 Å². The molecule has 1 unspecified atom stereocenters. The smallest absolute Gasteiger partial charge is 0.232 e. The third-order valence-electron chi connectivity index (χ3n) is 3.97. The lowest BCUT2D eigenvalue weighted by atomic mass is 9.91. The average Bonchev–Trinajstić information content (AvgIpc) is 2.64. The van der Waals surface area contributed by atoms with Crippen molar-refractivity contribution in [2.75, 3.05) is 5.32 Å². The standard InChI is InChI=1S/C20H15ClF2N2O/c21-15-3-1-14(2-4-15)17(11-13-7-9-24-10-8-13)20(26)25-19-6-5-16(22)12-18(19)23/h1-10,12,17H,11H2,(H,25,26). The number of pyridine rings is 1. The minimum Gasteiger partial charge on any atom is -0.323 e. The van der Waals surface area contributed by atoms with Gasteiger partial charge in [-0.3, -0.25) is 9.78 Å². The zero-order chi connectivity index (χ0) is 18.5. The molecule has 0 spiro atoms. The summed E-state index contributed by atoms with van der Waals surface area (Å²) in [5.74, 6) is -2.49. The number of carbonyl (C=O) groups is 1. The number of aromatic nitrogens is 1. The Morgan fingerprint density at radius 3 is 2.38 bits per heavy atom. The van der Waals surface area contributed by atoms with Crippen molar-refractivity contribution < 1.29 is 13.6 Å². The van der Waals surface area contributed by atoms with E-state index in [1.807, 2.05) is 12.1 Å². The first-order valence-electron chi connectivity index (χ1n) is 7.93. The Labute approximate surface area is 154 Å². The van der Waals surface area contributed by atoms with E-state index in [0.717, 1.165) is 23.3 Å². The molecule has 1 N–H and O–H groups in total. The fourth-order valence-corrected chi connectivity index (χ4v) is 2.75. The van der Waals surface area contributed by atoms with Crippen LogP contribution in [-0.4, -0.2) is 10.9 Å². The summed E-state index contributed by atoms with van der Waals surface area (Å²) in [6, 6.07) is 13.6. The molecule has 0 radical (unpaired) electrons.